The van der Waals surface area contributed by atoms with Crippen molar-refractivity contribution in [1.29, 1.82) is 0 Å². The molecule has 0 atom stereocenters. The first-order valence-electron chi connectivity index (χ1n) is 5.87. The quantitative estimate of drug-likeness (QED) is 0.700. The topological polar surface area (TPSA) is 50.7 Å². The van der Waals surface area contributed by atoms with Crippen molar-refractivity contribution in [2.75, 3.05) is 4.72 Å². The molecule has 4 nitrogen and oxygen atoms in total. The van der Waals surface area contributed by atoms with Gasteiger partial charge in [-0.25, -0.2) is 4.98 Å². The Bertz CT molecular complexity index is 742. The molecule has 0 fully saturated rings. The Morgan fingerprint density at radius 3 is 2.68 bits per heavy atom. The van der Waals surface area contributed by atoms with E-state index in [1.807, 2.05) is 37.3 Å². The smallest absolute Gasteiger partial charge is 0.163 e. The highest BCUT2D eigenvalue weighted by Crippen LogP contribution is 2.27. The summed E-state index contributed by atoms with van der Waals surface area (Å²) in [5, 5.41) is 1.01. The molecule has 0 saturated heterocycles. The zero-order chi connectivity index (χ0) is 13.2. The Morgan fingerprint density at radius 1 is 1.11 bits per heavy atom. The van der Waals surface area contributed by atoms with E-state index in [9.17, 15) is 0 Å². The molecule has 0 unspecified atom stereocenters. The lowest BCUT2D eigenvalue weighted by Gasteiger charge is -2.08. The second kappa shape index (κ2) is 4.85. The number of aromatic nitrogens is 3. The predicted molar refractivity (Wildman–Crippen MR) is 80.1 cm³/mol. The number of anilines is 1. The van der Waals surface area contributed by atoms with E-state index in [4.69, 9.17) is 0 Å². The highest BCUT2D eigenvalue weighted by Gasteiger charge is 2.10. The van der Waals surface area contributed by atoms with Crippen LogP contribution in [-0.4, -0.2) is 15.0 Å². The van der Waals surface area contributed by atoms with E-state index in [0.717, 1.165) is 27.9 Å². The molecule has 1 N–H and O–H groups in total. The van der Waals surface area contributed by atoms with Gasteiger partial charge in [-0.3, -0.25) is 9.97 Å². The van der Waals surface area contributed by atoms with Crippen LogP contribution in [0.4, 0.5) is 5.82 Å². The second-order valence-corrected chi connectivity index (χ2v) is 4.44. The van der Waals surface area contributed by atoms with Gasteiger partial charge in [-0.2, -0.15) is 0 Å². The zero-order valence-electron chi connectivity index (χ0n) is 10.3. The number of hydrogen-bond donors (Lipinski definition) is 2. The molecule has 3 aromatic heterocycles. The normalized spacial score (nSPS) is 10.6. The maximum atomic E-state index is 4.54. The minimum absolute atomic E-state index is 0.640. The molecular formula is C14H12N4S. The number of nitrogens with one attached hydrogen (secondary N) is 1. The van der Waals surface area contributed by atoms with Gasteiger partial charge in [0, 0.05) is 17.8 Å². The highest BCUT2D eigenvalue weighted by molar-refractivity contribution is 7.81. The summed E-state index contributed by atoms with van der Waals surface area (Å²) in [6, 6.07) is 9.83. The molecule has 3 rings (SSSR count). The summed E-state index contributed by atoms with van der Waals surface area (Å²) in [7, 11) is 0. The molecule has 0 amide bonds. The third-order valence-corrected chi connectivity index (χ3v) is 3.16. The largest absolute Gasteiger partial charge is 0.315 e. The first-order chi connectivity index (χ1) is 9.29. The van der Waals surface area contributed by atoms with E-state index in [-0.39, 0.29) is 0 Å². The molecule has 19 heavy (non-hydrogen) atoms. The summed E-state index contributed by atoms with van der Waals surface area (Å²) in [6.45, 7) is 2.02. The van der Waals surface area contributed by atoms with Gasteiger partial charge in [-0.1, -0.05) is 24.9 Å². The lowest BCUT2D eigenvalue weighted by molar-refractivity contribution is 1.22. The monoisotopic (exact) mass is 268 g/mol. The lowest BCUT2D eigenvalue weighted by atomic mass is 10.1. The van der Waals surface area contributed by atoms with Crippen molar-refractivity contribution in [2.24, 2.45) is 0 Å². The molecule has 0 aromatic carbocycles. The van der Waals surface area contributed by atoms with Crippen LogP contribution in [0.5, 0.6) is 0 Å². The average molecular weight is 268 g/mol. The van der Waals surface area contributed by atoms with Gasteiger partial charge >= 0.3 is 0 Å². The Balaban J connectivity index is 2.29. The number of pyridine rings is 3. The fourth-order valence-corrected chi connectivity index (χ4v) is 2.19. The van der Waals surface area contributed by atoms with Crippen LogP contribution in [-0.2, 0) is 0 Å². The van der Waals surface area contributed by atoms with Crippen LogP contribution in [0.15, 0.2) is 42.7 Å². The summed E-state index contributed by atoms with van der Waals surface area (Å²) in [5.41, 5.74) is 3.58. The van der Waals surface area contributed by atoms with E-state index in [2.05, 4.69) is 32.5 Å². The van der Waals surface area contributed by atoms with E-state index < -0.39 is 0 Å². The fraction of sp³-hybridized carbons (Fsp3) is 0.0714. The van der Waals surface area contributed by atoms with Crippen LogP contribution in [0.25, 0.3) is 22.3 Å². The lowest BCUT2D eigenvalue weighted by Crippen LogP contribution is -1.96. The number of rotatable bonds is 2. The van der Waals surface area contributed by atoms with Gasteiger partial charge in [0.25, 0.3) is 0 Å². The van der Waals surface area contributed by atoms with Gasteiger partial charge in [0.2, 0.25) is 0 Å². The van der Waals surface area contributed by atoms with Crippen LogP contribution < -0.4 is 4.72 Å². The standard InChI is InChI=1S/C14H12N4S/c1-9-4-2-6-15-12(9)11-8-10-5-3-7-16-13(10)14(17-11)18-19/h2-8,19H,1H3,(H,17,18). The molecule has 94 valence electrons. The average Bonchev–Trinajstić information content (AvgIpc) is 2.46. The van der Waals surface area contributed by atoms with Crippen molar-refractivity contribution in [3.8, 4) is 11.4 Å². The summed E-state index contributed by atoms with van der Waals surface area (Å²) < 4.78 is 2.79. The predicted octanol–water partition coefficient (Wildman–Crippen LogP) is 3.26. The Kier molecular flexibility index (Phi) is 3.05. The number of hydrogen-bond acceptors (Lipinski definition) is 5. The Morgan fingerprint density at radius 2 is 1.89 bits per heavy atom. The van der Waals surface area contributed by atoms with Crippen LogP contribution in [0.3, 0.4) is 0 Å². The molecule has 5 heteroatoms. The molecule has 0 bridgehead atoms. The maximum absolute atomic E-state index is 4.54. The molecule has 0 spiro atoms. The van der Waals surface area contributed by atoms with Gasteiger partial charge < -0.3 is 4.72 Å². The molecule has 0 aliphatic carbocycles. The Hall–Kier alpha value is -2.14. The fourth-order valence-electron chi connectivity index (χ4n) is 2.04. The summed E-state index contributed by atoms with van der Waals surface area (Å²) >= 11 is 4.10. The number of thiol groups is 1. The number of fused-ring (bicyclic) bond motifs is 1. The van der Waals surface area contributed by atoms with Crippen LogP contribution >= 0.6 is 12.8 Å². The maximum Gasteiger partial charge on any atom is 0.163 e. The summed E-state index contributed by atoms with van der Waals surface area (Å²) in [6.07, 6.45) is 3.51. The van der Waals surface area contributed by atoms with Crippen molar-refractivity contribution in [3.63, 3.8) is 0 Å². The second-order valence-electron chi connectivity index (χ2n) is 4.21. The van der Waals surface area contributed by atoms with Gasteiger partial charge in [0.1, 0.15) is 5.52 Å². The summed E-state index contributed by atoms with van der Waals surface area (Å²) in [5.74, 6) is 0.640. The van der Waals surface area contributed by atoms with Crippen molar-refractivity contribution in [1.82, 2.24) is 15.0 Å². The van der Waals surface area contributed by atoms with Crippen molar-refractivity contribution in [2.45, 2.75) is 6.92 Å². The van der Waals surface area contributed by atoms with Gasteiger partial charge in [0.15, 0.2) is 5.82 Å². The third-order valence-electron chi connectivity index (χ3n) is 2.95. The molecule has 3 heterocycles. The van der Waals surface area contributed by atoms with E-state index in [1.165, 1.54) is 0 Å². The molecule has 0 radical (unpaired) electrons. The van der Waals surface area contributed by atoms with Crippen LogP contribution in [0.1, 0.15) is 5.56 Å². The molecule has 0 saturated carbocycles. The van der Waals surface area contributed by atoms with Crippen molar-refractivity contribution in [3.05, 3.63) is 48.3 Å². The number of aryl methyl sites for hydroxylation is 1. The van der Waals surface area contributed by atoms with E-state index >= 15 is 0 Å². The zero-order valence-corrected chi connectivity index (χ0v) is 11.2. The Labute approximate surface area is 116 Å². The SMILES string of the molecule is Cc1cccnc1-c1cc2cccnc2c(NS)n1. The highest BCUT2D eigenvalue weighted by atomic mass is 32.1. The van der Waals surface area contributed by atoms with Gasteiger partial charge in [-0.05, 0) is 30.7 Å². The third kappa shape index (κ3) is 2.13. The van der Waals surface area contributed by atoms with E-state index in [1.54, 1.807) is 12.4 Å². The minimum atomic E-state index is 0.640. The van der Waals surface area contributed by atoms with Crippen LogP contribution in [0.2, 0.25) is 0 Å². The molecule has 3 aromatic rings. The molecule has 0 aliphatic rings. The molecule has 0 aliphatic heterocycles. The summed E-state index contributed by atoms with van der Waals surface area (Å²) in [4.78, 5) is 13.2. The van der Waals surface area contributed by atoms with Crippen molar-refractivity contribution >= 4 is 29.5 Å². The van der Waals surface area contributed by atoms with Crippen molar-refractivity contribution < 1.29 is 0 Å². The van der Waals surface area contributed by atoms with Crippen LogP contribution in [0, 0.1) is 6.92 Å². The van der Waals surface area contributed by atoms with Gasteiger partial charge in [-0.15, -0.1) is 0 Å². The minimum Gasteiger partial charge on any atom is -0.315 e. The van der Waals surface area contributed by atoms with Gasteiger partial charge in [0.05, 0.1) is 11.4 Å². The molecular weight excluding hydrogens is 256 g/mol. The first kappa shape index (κ1) is 11.9. The number of nitrogens with zero attached hydrogens (tertiary/aromatic N) is 3. The first-order valence-corrected chi connectivity index (χ1v) is 6.32. The van der Waals surface area contributed by atoms with E-state index in [0.29, 0.717) is 5.82 Å².